The number of carbonyl (C=O) groups excluding carboxylic acids is 2. The van der Waals surface area contributed by atoms with Gasteiger partial charge in [-0.3, -0.25) is 14.6 Å². The number of likely N-dealkylation sites (tertiary alicyclic amines) is 1. The van der Waals surface area contributed by atoms with Gasteiger partial charge in [0.15, 0.2) is 0 Å². The molecule has 3 aromatic rings. The molecule has 0 bridgehead atoms. The molecule has 8 heteroatoms. The first-order chi connectivity index (χ1) is 14.4. The molecule has 1 atom stereocenters. The van der Waals surface area contributed by atoms with Crippen LogP contribution in [-0.4, -0.2) is 43.0 Å². The molecule has 154 valence electrons. The van der Waals surface area contributed by atoms with Gasteiger partial charge in [0.25, 0.3) is 0 Å². The van der Waals surface area contributed by atoms with E-state index >= 15 is 0 Å². The highest BCUT2D eigenvalue weighted by Gasteiger charge is 2.31. The van der Waals surface area contributed by atoms with Crippen LogP contribution in [0.5, 0.6) is 0 Å². The Morgan fingerprint density at radius 3 is 2.67 bits per heavy atom. The van der Waals surface area contributed by atoms with Gasteiger partial charge in [-0.1, -0.05) is 18.2 Å². The number of pyridine rings is 1. The van der Waals surface area contributed by atoms with Gasteiger partial charge >= 0.3 is 0 Å². The first-order valence-corrected chi connectivity index (χ1v) is 9.96. The highest BCUT2D eigenvalue weighted by Crippen LogP contribution is 2.32. The lowest BCUT2D eigenvalue weighted by Crippen LogP contribution is -2.34. The van der Waals surface area contributed by atoms with Crippen molar-refractivity contribution in [1.29, 1.82) is 0 Å². The molecule has 1 aliphatic heterocycles. The normalized spacial score (nSPS) is 16.1. The van der Waals surface area contributed by atoms with E-state index in [4.69, 9.17) is 5.73 Å². The van der Waals surface area contributed by atoms with Gasteiger partial charge in [0.05, 0.1) is 11.7 Å². The van der Waals surface area contributed by atoms with Crippen molar-refractivity contribution in [3.05, 3.63) is 65.5 Å². The molecule has 0 unspecified atom stereocenters. The number of amides is 2. The second-order valence-corrected chi connectivity index (χ2v) is 7.53. The summed E-state index contributed by atoms with van der Waals surface area (Å²) < 4.78 is 1.65. The van der Waals surface area contributed by atoms with E-state index in [0.29, 0.717) is 17.9 Å². The van der Waals surface area contributed by atoms with E-state index in [-0.39, 0.29) is 18.5 Å². The molecule has 3 heterocycles. The quantitative estimate of drug-likeness (QED) is 0.703. The van der Waals surface area contributed by atoms with Crippen molar-refractivity contribution in [1.82, 2.24) is 24.6 Å². The standard InChI is InChI=1S/C22H24N6O2/c1-14-25-15(2)28(26-14)13-21(29)27-10-4-7-20(27)19-9-8-18(12-24-19)16-5-3-6-17(11-16)22(23)30/h3,5-6,8-9,11-12,20H,4,7,10,13H2,1-2H3,(H2,23,30)/t20-/m0/s1. The number of aromatic nitrogens is 4. The number of rotatable bonds is 5. The molecular formula is C22H24N6O2. The molecule has 2 aromatic heterocycles. The number of aryl methyl sites for hydroxylation is 2. The minimum Gasteiger partial charge on any atom is -0.366 e. The Bertz CT molecular complexity index is 1090. The third kappa shape index (κ3) is 3.94. The molecule has 1 aliphatic rings. The van der Waals surface area contributed by atoms with E-state index < -0.39 is 5.91 Å². The second kappa shape index (κ2) is 8.06. The minimum absolute atomic E-state index is 0.0190. The lowest BCUT2D eigenvalue weighted by molar-refractivity contribution is -0.133. The number of nitrogens with two attached hydrogens (primary N) is 1. The van der Waals surface area contributed by atoms with Crippen LogP contribution >= 0.6 is 0 Å². The van der Waals surface area contributed by atoms with Gasteiger partial charge < -0.3 is 10.6 Å². The summed E-state index contributed by atoms with van der Waals surface area (Å²) in [4.78, 5) is 35.1. The van der Waals surface area contributed by atoms with Crippen molar-refractivity contribution in [2.24, 2.45) is 5.73 Å². The first-order valence-electron chi connectivity index (χ1n) is 9.96. The zero-order valence-corrected chi connectivity index (χ0v) is 17.1. The molecule has 1 saturated heterocycles. The minimum atomic E-state index is -0.459. The lowest BCUT2D eigenvalue weighted by atomic mass is 10.0. The summed E-state index contributed by atoms with van der Waals surface area (Å²) in [7, 11) is 0. The summed E-state index contributed by atoms with van der Waals surface area (Å²) in [6.07, 6.45) is 3.60. The molecule has 2 amide bonds. The van der Waals surface area contributed by atoms with Crippen LogP contribution in [0.25, 0.3) is 11.1 Å². The molecule has 1 fully saturated rings. The van der Waals surface area contributed by atoms with Crippen LogP contribution in [-0.2, 0) is 11.3 Å². The number of benzene rings is 1. The summed E-state index contributed by atoms with van der Waals surface area (Å²) in [5.41, 5.74) is 8.47. The van der Waals surface area contributed by atoms with Crippen LogP contribution in [0.15, 0.2) is 42.6 Å². The van der Waals surface area contributed by atoms with Gasteiger partial charge in [0, 0.05) is 23.9 Å². The van der Waals surface area contributed by atoms with Crippen LogP contribution < -0.4 is 5.73 Å². The van der Waals surface area contributed by atoms with Gasteiger partial charge in [-0.15, -0.1) is 0 Å². The predicted octanol–water partition coefficient (Wildman–Crippen LogP) is 2.42. The van der Waals surface area contributed by atoms with Crippen molar-refractivity contribution in [3.8, 4) is 11.1 Å². The third-order valence-corrected chi connectivity index (χ3v) is 5.43. The molecule has 4 rings (SSSR count). The van der Waals surface area contributed by atoms with E-state index in [9.17, 15) is 9.59 Å². The van der Waals surface area contributed by atoms with Crippen LogP contribution in [0, 0.1) is 13.8 Å². The van der Waals surface area contributed by atoms with Crippen molar-refractivity contribution >= 4 is 11.8 Å². The predicted molar refractivity (Wildman–Crippen MR) is 111 cm³/mol. The smallest absolute Gasteiger partial charge is 0.248 e. The molecule has 30 heavy (non-hydrogen) atoms. The number of hydrogen-bond acceptors (Lipinski definition) is 5. The van der Waals surface area contributed by atoms with Crippen molar-refractivity contribution in [2.75, 3.05) is 6.54 Å². The molecular weight excluding hydrogens is 380 g/mol. The number of nitrogens with zero attached hydrogens (tertiary/aromatic N) is 5. The van der Waals surface area contributed by atoms with E-state index in [1.54, 1.807) is 29.1 Å². The summed E-state index contributed by atoms with van der Waals surface area (Å²) in [5, 5.41) is 4.29. The number of carbonyl (C=O) groups is 2. The lowest BCUT2D eigenvalue weighted by Gasteiger charge is -2.24. The van der Waals surface area contributed by atoms with E-state index in [2.05, 4.69) is 15.1 Å². The van der Waals surface area contributed by atoms with Crippen molar-refractivity contribution in [3.63, 3.8) is 0 Å². The Hall–Kier alpha value is -3.55. The fourth-order valence-corrected chi connectivity index (χ4v) is 3.93. The Morgan fingerprint density at radius 1 is 1.17 bits per heavy atom. The molecule has 8 nitrogen and oxygen atoms in total. The summed E-state index contributed by atoms with van der Waals surface area (Å²) >= 11 is 0. The Labute approximate surface area is 174 Å². The molecule has 2 N–H and O–H groups in total. The fourth-order valence-electron chi connectivity index (χ4n) is 3.93. The van der Waals surface area contributed by atoms with Crippen LogP contribution in [0.3, 0.4) is 0 Å². The summed E-state index contributed by atoms with van der Waals surface area (Å²) in [6, 6.07) is 11.0. The highest BCUT2D eigenvalue weighted by molar-refractivity contribution is 5.94. The van der Waals surface area contributed by atoms with Crippen LogP contribution in [0.1, 0.15) is 46.6 Å². The maximum atomic E-state index is 12.9. The molecule has 1 aromatic carbocycles. The zero-order valence-electron chi connectivity index (χ0n) is 17.1. The SMILES string of the molecule is Cc1nc(C)n(CC(=O)N2CCC[C@H]2c2ccc(-c3cccc(C(N)=O)c3)cn2)n1. The molecule has 0 aliphatic carbocycles. The number of hydrogen-bond donors (Lipinski definition) is 1. The van der Waals surface area contributed by atoms with Gasteiger partial charge in [-0.2, -0.15) is 5.10 Å². The van der Waals surface area contributed by atoms with Crippen LogP contribution in [0.2, 0.25) is 0 Å². The fraction of sp³-hybridized carbons (Fsp3) is 0.318. The summed E-state index contributed by atoms with van der Waals surface area (Å²) in [6.45, 7) is 4.56. The average molecular weight is 404 g/mol. The molecule has 0 spiro atoms. The highest BCUT2D eigenvalue weighted by atomic mass is 16.2. The van der Waals surface area contributed by atoms with Crippen LogP contribution in [0.4, 0.5) is 0 Å². The van der Waals surface area contributed by atoms with Gasteiger partial charge in [0.2, 0.25) is 11.8 Å². The van der Waals surface area contributed by atoms with Crippen molar-refractivity contribution < 1.29 is 9.59 Å². The third-order valence-electron chi connectivity index (χ3n) is 5.43. The van der Waals surface area contributed by atoms with Crippen molar-refractivity contribution in [2.45, 2.75) is 39.3 Å². The monoisotopic (exact) mass is 404 g/mol. The zero-order chi connectivity index (χ0) is 21.3. The molecule has 0 radical (unpaired) electrons. The maximum Gasteiger partial charge on any atom is 0.248 e. The van der Waals surface area contributed by atoms with Gasteiger partial charge in [-0.25, -0.2) is 9.67 Å². The van der Waals surface area contributed by atoms with E-state index in [0.717, 1.165) is 35.5 Å². The Kier molecular flexibility index (Phi) is 5.31. The number of primary amides is 1. The maximum absolute atomic E-state index is 12.9. The molecule has 0 saturated carbocycles. The van der Waals surface area contributed by atoms with Gasteiger partial charge in [-0.05, 0) is 50.5 Å². The van der Waals surface area contributed by atoms with Gasteiger partial charge in [0.1, 0.15) is 18.2 Å². The second-order valence-electron chi connectivity index (χ2n) is 7.53. The summed E-state index contributed by atoms with van der Waals surface area (Å²) in [5.74, 6) is 0.957. The van der Waals surface area contributed by atoms with E-state index in [1.807, 2.05) is 36.9 Å². The Morgan fingerprint density at radius 2 is 2.00 bits per heavy atom. The largest absolute Gasteiger partial charge is 0.366 e. The average Bonchev–Trinajstić information content (AvgIpc) is 3.34. The van der Waals surface area contributed by atoms with E-state index in [1.165, 1.54) is 0 Å². The first kappa shape index (κ1) is 19.8. The topological polar surface area (TPSA) is 107 Å². The Balaban J connectivity index is 1.52.